The van der Waals surface area contributed by atoms with Crippen LogP contribution < -0.4 is 4.74 Å². The van der Waals surface area contributed by atoms with Gasteiger partial charge in [-0.05, 0) is 44.0 Å². The Morgan fingerprint density at radius 3 is 2.42 bits per heavy atom. The fourth-order valence-electron chi connectivity index (χ4n) is 2.81. The Morgan fingerprint density at radius 1 is 1.19 bits per heavy atom. The Labute approximate surface area is 150 Å². The highest BCUT2D eigenvalue weighted by molar-refractivity contribution is 6.04. The summed E-state index contributed by atoms with van der Waals surface area (Å²) in [6, 6.07) is 4.14. The van der Waals surface area contributed by atoms with Crippen LogP contribution in [-0.4, -0.2) is 36.2 Å². The number of Topliss-reactive ketones (excluding diaryl/α,β-unsaturated/α-hetero) is 2. The number of halogens is 1. The minimum Gasteiger partial charge on any atom is -0.494 e. The van der Waals surface area contributed by atoms with Crippen LogP contribution in [0.2, 0.25) is 0 Å². The summed E-state index contributed by atoms with van der Waals surface area (Å²) in [4.78, 5) is 38.6. The molecule has 2 aromatic rings. The van der Waals surface area contributed by atoms with Crippen molar-refractivity contribution >= 4 is 17.5 Å². The molecule has 0 aliphatic carbocycles. The molecular weight excluding hydrogens is 341 g/mol. The van der Waals surface area contributed by atoms with Gasteiger partial charge in [-0.2, -0.15) is 0 Å². The molecule has 0 saturated carbocycles. The second-order valence-electron chi connectivity index (χ2n) is 5.91. The molecule has 0 aliphatic rings. The van der Waals surface area contributed by atoms with Crippen molar-refractivity contribution in [2.24, 2.45) is 0 Å². The lowest BCUT2D eigenvalue weighted by atomic mass is 10.1. The van der Waals surface area contributed by atoms with Crippen molar-refractivity contribution in [3.05, 3.63) is 52.1 Å². The van der Waals surface area contributed by atoms with Gasteiger partial charge in [0.15, 0.2) is 24.0 Å². The number of ketones is 2. The highest BCUT2D eigenvalue weighted by atomic mass is 19.1. The Kier molecular flexibility index (Phi) is 5.92. The van der Waals surface area contributed by atoms with Crippen LogP contribution in [0.1, 0.15) is 44.6 Å². The van der Waals surface area contributed by atoms with Crippen LogP contribution in [0.25, 0.3) is 0 Å². The number of methoxy groups -OCH3 is 1. The van der Waals surface area contributed by atoms with Crippen molar-refractivity contribution in [2.75, 3.05) is 13.7 Å². The van der Waals surface area contributed by atoms with Gasteiger partial charge in [0.1, 0.15) is 0 Å². The molecular formula is C19H20FNO5. The van der Waals surface area contributed by atoms with Gasteiger partial charge >= 0.3 is 5.97 Å². The van der Waals surface area contributed by atoms with Crippen LogP contribution >= 0.6 is 0 Å². The number of aromatic amines is 1. The molecule has 7 heteroatoms. The van der Waals surface area contributed by atoms with Gasteiger partial charge in [0, 0.05) is 11.3 Å². The van der Waals surface area contributed by atoms with E-state index in [4.69, 9.17) is 9.47 Å². The first-order valence-electron chi connectivity index (χ1n) is 7.96. The summed E-state index contributed by atoms with van der Waals surface area (Å²) < 4.78 is 23.4. The van der Waals surface area contributed by atoms with Crippen LogP contribution in [0, 0.1) is 19.7 Å². The highest BCUT2D eigenvalue weighted by Gasteiger charge is 2.20. The number of rotatable bonds is 7. The summed E-state index contributed by atoms with van der Waals surface area (Å²) in [7, 11) is 1.35. The Bertz CT molecular complexity index is 869. The van der Waals surface area contributed by atoms with Crippen molar-refractivity contribution in [1.82, 2.24) is 4.98 Å². The van der Waals surface area contributed by atoms with E-state index in [9.17, 15) is 18.8 Å². The molecule has 1 N–H and O–H groups in total. The lowest BCUT2D eigenvalue weighted by molar-refractivity contribution is -0.141. The molecule has 0 atom stereocenters. The molecule has 0 amide bonds. The molecule has 0 fully saturated rings. The van der Waals surface area contributed by atoms with Gasteiger partial charge in [0.2, 0.25) is 5.78 Å². The summed E-state index contributed by atoms with van der Waals surface area (Å²) in [5, 5.41) is 0. The lowest BCUT2D eigenvalue weighted by Crippen LogP contribution is -2.17. The van der Waals surface area contributed by atoms with Gasteiger partial charge < -0.3 is 14.5 Å². The zero-order valence-corrected chi connectivity index (χ0v) is 15.1. The number of aromatic nitrogens is 1. The number of aryl methyl sites for hydroxylation is 1. The highest BCUT2D eigenvalue weighted by Crippen LogP contribution is 2.20. The first-order valence-corrected chi connectivity index (χ1v) is 7.96. The van der Waals surface area contributed by atoms with Crippen LogP contribution in [0.5, 0.6) is 5.75 Å². The van der Waals surface area contributed by atoms with Crippen molar-refractivity contribution in [1.29, 1.82) is 0 Å². The van der Waals surface area contributed by atoms with E-state index in [0.717, 1.165) is 0 Å². The number of ether oxygens (including phenoxy) is 2. The first-order chi connectivity index (χ1) is 12.2. The molecule has 0 spiro atoms. The number of nitrogens with one attached hydrogen (secondary N) is 1. The third kappa shape index (κ3) is 4.17. The van der Waals surface area contributed by atoms with E-state index in [-0.39, 0.29) is 23.6 Å². The van der Waals surface area contributed by atoms with Gasteiger partial charge in [-0.15, -0.1) is 0 Å². The van der Waals surface area contributed by atoms with Crippen LogP contribution in [0.3, 0.4) is 0 Å². The number of carbonyl (C=O) groups excluding carboxylic acids is 3. The third-order valence-corrected chi connectivity index (χ3v) is 4.00. The Hall–Kier alpha value is -2.96. The molecule has 1 aromatic heterocycles. The van der Waals surface area contributed by atoms with E-state index >= 15 is 0 Å². The number of esters is 1. The van der Waals surface area contributed by atoms with E-state index in [1.165, 1.54) is 26.2 Å². The van der Waals surface area contributed by atoms with Crippen LogP contribution in [-0.2, 0) is 16.0 Å². The summed E-state index contributed by atoms with van der Waals surface area (Å²) in [5.74, 6) is -1.74. The third-order valence-electron chi connectivity index (χ3n) is 4.00. The SMILES string of the molecule is COc1ccc(CC(=O)OCC(=O)c2[nH]c(C)c(C(C)=O)c2C)cc1F. The predicted octanol–water partition coefficient (Wildman–Crippen LogP) is 2.95. The summed E-state index contributed by atoms with van der Waals surface area (Å²) in [6.07, 6.45) is -0.171. The monoisotopic (exact) mass is 361 g/mol. The average Bonchev–Trinajstić information content (AvgIpc) is 2.87. The van der Waals surface area contributed by atoms with Crippen molar-refractivity contribution in [2.45, 2.75) is 27.2 Å². The zero-order chi connectivity index (χ0) is 19.4. The maximum Gasteiger partial charge on any atom is 0.310 e. The summed E-state index contributed by atoms with van der Waals surface area (Å²) in [5.41, 5.74) is 2.25. The second kappa shape index (κ2) is 7.95. The fourth-order valence-corrected chi connectivity index (χ4v) is 2.81. The van der Waals surface area contributed by atoms with Crippen molar-refractivity contribution in [3.63, 3.8) is 0 Å². The largest absolute Gasteiger partial charge is 0.494 e. The predicted molar refractivity (Wildman–Crippen MR) is 92.2 cm³/mol. The van der Waals surface area contributed by atoms with E-state index in [1.807, 2.05) is 0 Å². The summed E-state index contributed by atoms with van der Waals surface area (Å²) in [6.45, 7) is 4.32. The molecule has 0 bridgehead atoms. The topological polar surface area (TPSA) is 85.5 Å². The van der Waals surface area contributed by atoms with E-state index in [0.29, 0.717) is 22.4 Å². The molecule has 138 valence electrons. The van der Waals surface area contributed by atoms with E-state index in [1.54, 1.807) is 19.9 Å². The maximum absolute atomic E-state index is 13.6. The Morgan fingerprint density at radius 2 is 1.88 bits per heavy atom. The number of carbonyl (C=O) groups is 3. The molecule has 0 unspecified atom stereocenters. The lowest BCUT2D eigenvalue weighted by Gasteiger charge is -2.06. The molecule has 1 aromatic carbocycles. The van der Waals surface area contributed by atoms with E-state index in [2.05, 4.69) is 4.98 Å². The average molecular weight is 361 g/mol. The quantitative estimate of drug-likeness (QED) is 0.605. The molecule has 0 saturated heterocycles. The Balaban J connectivity index is 1.99. The fraction of sp³-hybridized carbons (Fsp3) is 0.316. The maximum atomic E-state index is 13.6. The second-order valence-corrected chi connectivity index (χ2v) is 5.91. The summed E-state index contributed by atoms with van der Waals surface area (Å²) >= 11 is 0. The number of benzene rings is 1. The molecule has 1 heterocycles. The van der Waals surface area contributed by atoms with Crippen LogP contribution in [0.4, 0.5) is 4.39 Å². The number of H-pyrrole nitrogens is 1. The van der Waals surface area contributed by atoms with E-state index < -0.39 is 24.2 Å². The minimum absolute atomic E-state index is 0.0798. The van der Waals surface area contributed by atoms with Crippen molar-refractivity contribution < 1.29 is 28.2 Å². The number of hydrogen-bond acceptors (Lipinski definition) is 5. The standard InChI is InChI=1S/C19H20FNO5/c1-10-18(12(3)22)11(2)21-19(10)15(23)9-26-17(24)8-13-5-6-16(25-4)14(20)7-13/h5-7,21H,8-9H2,1-4H3. The molecule has 0 radical (unpaired) electrons. The van der Waals surface area contributed by atoms with Gasteiger partial charge in [0.05, 0.1) is 19.2 Å². The minimum atomic E-state index is -0.657. The molecule has 26 heavy (non-hydrogen) atoms. The van der Waals surface area contributed by atoms with Gasteiger partial charge in [-0.25, -0.2) is 4.39 Å². The smallest absolute Gasteiger partial charge is 0.310 e. The van der Waals surface area contributed by atoms with Gasteiger partial charge in [-0.1, -0.05) is 6.07 Å². The normalized spacial score (nSPS) is 10.5. The zero-order valence-electron chi connectivity index (χ0n) is 15.1. The first kappa shape index (κ1) is 19.4. The van der Waals surface area contributed by atoms with Gasteiger partial charge in [0.25, 0.3) is 0 Å². The van der Waals surface area contributed by atoms with Crippen LogP contribution in [0.15, 0.2) is 18.2 Å². The van der Waals surface area contributed by atoms with Crippen molar-refractivity contribution in [3.8, 4) is 5.75 Å². The van der Waals surface area contributed by atoms with Gasteiger partial charge in [-0.3, -0.25) is 14.4 Å². The number of hydrogen-bond donors (Lipinski definition) is 1. The molecule has 6 nitrogen and oxygen atoms in total. The molecule has 2 rings (SSSR count). The molecule has 0 aliphatic heterocycles.